The molecule has 0 N–H and O–H groups in total. The number of alkyl halides is 1. The molecule has 5 heteroatoms. The second-order valence-corrected chi connectivity index (χ2v) is 5.72. The highest BCUT2D eigenvalue weighted by Crippen LogP contribution is 2.42. The summed E-state index contributed by atoms with van der Waals surface area (Å²) in [5.41, 5.74) is 1.92. The van der Waals surface area contributed by atoms with Crippen molar-refractivity contribution >= 4 is 22.7 Å². The van der Waals surface area contributed by atoms with Crippen LogP contribution in [0.1, 0.15) is 30.7 Å². The second-order valence-electron chi connectivity index (χ2n) is 5.28. The SMILES string of the molecule is Cn1c(=O)oc2cc(C(Cl)C3(C)CCCO3)ccc21. The molecule has 0 spiro atoms. The van der Waals surface area contributed by atoms with Gasteiger partial charge in [0.15, 0.2) is 5.58 Å². The van der Waals surface area contributed by atoms with Gasteiger partial charge in [0.25, 0.3) is 0 Å². The zero-order valence-electron chi connectivity index (χ0n) is 11.0. The maximum absolute atomic E-state index is 11.5. The molecule has 4 nitrogen and oxygen atoms in total. The van der Waals surface area contributed by atoms with Crippen LogP contribution in [0.3, 0.4) is 0 Å². The van der Waals surface area contributed by atoms with Gasteiger partial charge in [-0.3, -0.25) is 4.57 Å². The molecule has 1 aliphatic heterocycles. The number of fused-ring (bicyclic) bond motifs is 1. The van der Waals surface area contributed by atoms with Crippen LogP contribution in [0.4, 0.5) is 0 Å². The molecule has 1 aromatic carbocycles. The summed E-state index contributed by atoms with van der Waals surface area (Å²) in [5, 5.41) is -0.245. The van der Waals surface area contributed by atoms with E-state index < -0.39 is 0 Å². The molecule has 2 aromatic rings. The number of ether oxygens (including phenoxy) is 1. The monoisotopic (exact) mass is 281 g/mol. The highest BCUT2D eigenvalue weighted by molar-refractivity contribution is 6.21. The van der Waals surface area contributed by atoms with Crippen molar-refractivity contribution in [2.45, 2.75) is 30.7 Å². The Morgan fingerprint density at radius 3 is 2.95 bits per heavy atom. The summed E-state index contributed by atoms with van der Waals surface area (Å²) in [6.07, 6.45) is 1.97. The van der Waals surface area contributed by atoms with Gasteiger partial charge >= 0.3 is 5.76 Å². The van der Waals surface area contributed by atoms with Gasteiger partial charge in [-0.1, -0.05) is 6.07 Å². The first-order chi connectivity index (χ1) is 9.01. The first-order valence-corrected chi connectivity index (χ1v) is 6.82. The molecular formula is C14H16ClNO3. The van der Waals surface area contributed by atoms with Crippen molar-refractivity contribution in [2.24, 2.45) is 7.05 Å². The van der Waals surface area contributed by atoms with Crippen LogP contribution in [0.5, 0.6) is 0 Å². The van der Waals surface area contributed by atoms with Gasteiger partial charge in [-0.15, -0.1) is 11.6 Å². The number of nitrogens with zero attached hydrogens (tertiary/aromatic N) is 1. The van der Waals surface area contributed by atoms with Crippen LogP contribution >= 0.6 is 11.6 Å². The standard InChI is InChI=1S/C14H16ClNO3/c1-14(6-3-7-18-14)12(15)9-4-5-10-11(8-9)19-13(17)16(10)2/h4-5,8,12H,3,6-7H2,1-2H3. The number of aryl methyl sites for hydroxylation is 1. The molecule has 0 saturated carbocycles. The van der Waals surface area contributed by atoms with Crippen molar-refractivity contribution in [2.75, 3.05) is 6.61 Å². The Hall–Kier alpha value is -1.26. The number of benzene rings is 1. The Bertz CT molecular complexity index is 667. The minimum atomic E-state index is -0.360. The lowest BCUT2D eigenvalue weighted by molar-refractivity contribution is 0.0164. The number of hydrogen-bond acceptors (Lipinski definition) is 3. The smallest absolute Gasteiger partial charge is 0.408 e. The second kappa shape index (κ2) is 4.39. The molecule has 0 bridgehead atoms. The van der Waals surface area contributed by atoms with E-state index in [1.807, 2.05) is 25.1 Å². The number of halogens is 1. The lowest BCUT2D eigenvalue weighted by Gasteiger charge is -2.29. The van der Waals surface area contributed by atoms with E-state index in [0.29, 0.717) is 5.58 Å². The van der Waals surface area contributed by atoms with Gasteiger partial charge in [-0.05, 0) is 37.5 Å². The Kier molecular flexibility index (Phi) is 2.95. The predicted molar refractivity (Wildman–Crippen MR) is 73.6 cm³/mol. The van der Waals surface area contributed by atoms with Gasteiger partial charge in [0.1, 0.15) is 0 Å². The van der Waals surface area contributed by atoms with Crippen molar-refractivity contribution < 1.29 is 9.15 Å². The lowest BCUT2D eigenvalue weighted by atomic mass is 9.93. The summed E-state index contributed by atoms with van der Waals surface area (Å²) in [5.74, 6) is -0.360. The molecule has 1 fully saturated rings. The van der Waals surface area contributed by atoms with Gasteiger partial charge in [-0.2, -0.15) is 0 Å². The van der Waals surface area contributed by atoms with Gasteiger partial charge in [0.2, 0.25) is 0 Å². The zero-order valence-corrected chi connectivity index (χ0v) is 11.7. The normalized spacial score (nSPS) is 25.0. The van der Waals surface area contributed by atoms with Crippen LogP contribution in [0.15, 0.2) is 27.4 Å². The van der Waals surface area contributed by atoms with E-state index in [1.54, 1.807) is 7.05 Å². The summed E-state index contributed by atoms with van der Waals surface area (Å²) in [7, 11) is 1.69. The van der Waals surface area contributed by atoms with E-state index in [0.717, 1.165) is 30.5 Å². The Morgan fingerprint density at radius 1 is 1.47 bits per heavy atom. The maximum atomic E-state index is 11.5. The predicted octanol–water partition coefficient (Wildman–Crippen LogP) is 2.98. The third-order valence-corrected chi connectivity index (χ3v) is 4.61. The molecule has 1 saturated heterocycles. The van der Waals surface area contributed by atoms with E-state index in [1.165, 1.54) is 4.57 Å². The Morgan fingerprint density at radius 2 is 2.26 bits per heavy atom. The highest BCUT2D eigenvalue weighted by Gasteiger charge is 2.38. The molecule has 0 radical (unpaired) electrons. The number of aromatic nitrogens is 1. The molecule has 0 aliphatic carbocycles. The quantitative estimate of drug-likeness (QED) is 0.795. The molecule has 0 amide bonds. The summed E-state index contributed by atoms with van der Waals surface area (Å²) in [4.78, 5) is 11.5. The first-order valence-electron chi connectivity index (χ1n) is 6.39. The molecule has 102 valence electrons. The van der Waals surface area contributed by atoms with E-state index >= 15 is 0 Å². The van der Waals surface area contributed by atoms with Crippen LogP contribution in [-0.2, 0) is 11.8 Å². The van der Waals surface area contributed by atoms with Gasteiger partial charge in [0.05, 0.1) is 16.5 Å². The average molecular weight is 282 g/mol. The average Bonchev–Trinajstić information content (AvgIpc) is 2.95. The summed E-state index contributed by atoms with van der Waals surface area (Å²) >= 11 is 6.55. The molecule has 1 aliphatic rings. The van der Waals surface area contributed by atoms with Gasteiger partial charge < -0.3 is 9.15 Å². The van der Waals surface area contributed by atoms with Gasteiger partial charge in [0, 0.05) is 13.7 Å². The molecule has 3 rings (SSSR count). The van der Waals surface area contributed by atoms with Crippen LogP contribution in [0.25, 0.3) is 11.1 Å². The molecule has 19 heavy (non-hydrogen) atoms. The van der Waals surface area contributed by atoms with Crippen LogP contribution in [0, 0.1) is 0 Å². The maximum Gasteiger partial charge on any atom is 0.419 e. The van der Waals surface area contributed by atoms with Gasteiger partial charge in [-0.25, -0.2) is 4.79 Å². The number of rotatable bonds is 2. The Labute approximate surface area is 115 Å². The van der Waals surface area contributed by atoms with E-state index in [2.05, 4.69) is 0 Å². The van der Waals surface area contributed by atoms with Crippen molar-refractivity contribution in [3.05, 3.63) is 34.3 Å². The van der Waals surface area contributed by atoms with Crippen molar-refractivity contribution in [1.29, 1.82) is 0 Å². The van der Waals surface area contributed by atoms with E-state index in [-0.39, 0.29) is 16.7 Å². The minimum Gasteiger partial charge on any atom is -0.408 e. The third kappa shape index (κ3) is 1.99. The van der Waals surface area contributed by atoms with E-state index in [4.69, 9.17) is 20.8 Å². The van der Waals surface area contributed by atoms with Crippen molar-refractivity contribution in [3.63, 3.8) is 0 Å². The van der Waals surface area contributed by atoms with E-state index in [9.17, 15) is 4.79 Å². The molecule has 1 aromatic heterocycles. The fourth-order valence-electron chi connectivity index (χ4n) is 2.66. The summed E-state index contributed by atoms with van der Waals surface area (Å²) in [6.45, 7) is 2.78. The van der Waals surface area contributed by atoms with Crippen molar-refractivity contribution in [3.8, 4) is 0 Å². The van der Waals surface area contributed by atoms with Crippen molar-refractivity contribution in [1.82, 2.24) is 4.57 Å². The number of oxazole rings is 1. The molecular weight excluding hydrogens is 266 g/mol. The van der Waals surface area contributed by atoms with Crippen LogP contribution < -0.4 is 5.76 Å². The Balaban J connectivity index is 2.03. The topological polar surface area (TPSA) is 44.4 Å². The minimum absolute atomic E-state index is 0.245. The zero-order chi connectivity index (χ0) is 13.6. The largest absolute Gasteiger partial charge is 0.419 e. The molecule has 2 atom stereocenters. The fraction of sp³-hybridized carbons (Fsp3) is 0.500. The fourth-order valence-corrected chi connectivity index (χ4v) is 2.97. The molecule has 2 heterocycles. The van der Waals surface area contributed by atoms with Crippen LogP contribution in [0.2, 0.25) is 0 Å². The molecule has 2 unspecified atom stereocenters. The third-order valence-electron chi connectivity index (χ3n) is 3.89. The highest BCUT2D eigenvalue weighted by atomic mass is 35.5. The first kappa shape index (κ1) is 12.8. The number of hydrogen-bond donors (Lipinski definition) is 0. The summed E-state index contributed by atoms with van der Waals surface area (Å²) < 4.78 is 12.4. The lowest BCUT2D eigenvalue weighted by Crippen LogP contribution is -2.28. The summed E-state index contributed by atoms with van der Waals surface area (Å²) in [6, 6.07) is 5.63. The van der Waals surface area contributed by atoms with Crippen LogP contribution in [-0.4, -0.2) is 16.8 Å².